The number of amides is 1. The molecule has 2 aromatic rings. The summed E-state index contributed by atoms with van der Waals surface area (Å²) in [5, 5.41) is 0. The highest BCUT2D eigenvalue weighted by atomic mass is 35.5. The van der Waals surface area contributed by atoms with Gasteiger partial charge in [-0.25, -0.2) is 0 Å². The van der Waals surface area contributed by atoms with E-state index in [0.717, 1.165) is 10.9 Å². The Morgan fingerprint density at radius 1 is 1.36 bits per heavy atom. The van der Waals surface area contributed by atoms with E-state index < -0.39 is 0 Å². The van der Waals surface area contributed by atoms with E-state index in [1.54, 1.807) is 17.4 Å². The number of likely N-dealkylation sites (N-methyl/N-ethyl adjacent to an activating group) is 1. The van der Waals surface area contributed by atoms with Crippen molar-refractivity contribution >= 4 is 28.8 Å². The molecule has 0 bridgehead atoms. The molecule has 1 aliphatic rings. The van der Waals surface area contributed by atoms with Crippen LogP contribution in [0.15, 0.2) is 42.5 Å². The van der Waals surface area contributed by atoms with Gasteiger partial charge in [0.2, 0.25) is 5.91 Å². The molecule has 1 unspecified atom stereocenters. The van der Waals surface area contributed by atoms with Crippen molar-refractivity contribution in [3.63, 3.8) is 0 Å². The Morgan fingerprint density at radius 3 is 2.84 bits per heavy atom. The quantitative estimate of drug-likeness (QED) is 0.745. The fraction of sp³-hybridized carbons (Fsp3) is 0.350. The van der Waals surface area contributed by atoms with E-state index in [2.05, 4.69) is 37.3 Å². The zero-order valence-electron chi connectivity index (χ0n) is 14.8. The maximum absolute atomic E-state index is 12.7. The number of hydrogen-bond acceptors (Lipinski definition) is 3. The Balaban J connectivity index is 1.89. The molecule has 5 heteroatoms. The van der Waals surface area contributed by atoms with E-state index in [4.69, 9.17) is 11.6 Å². The number of aryl methyl sites for hydroxylation is 1. The van der Waals surface area contributed by atoms with Gasteiger partial charge in [-0.2, -0.15) is 0 Å². The molecule has 0 fully saturated rings. The first kappa shape index (κ1) is 18.2. The smallest absolute Gasteiger partial charge is 0.246 e. The summed E-state index contributed by atoms with van der Waals surface area (Å²) in [5.41, 5.74) is 3.79. The third-order valence-corrected chi connectivity index (χ3v) is 5.80. The number of carbonyl (C=O) groups is 1. The number of halogens is 1. The Bertz CT molecular complexity index is 797. The Labute approximate surface area is 158 Å². The number of fused-ring (bicyclic) bond motifs is 1. The number of carbonyl (C=O) groups excluding carboxylic acids is 1. The molecule has 0 saturated carbocycles. The lowest BCUT2D eigenvalue weighted by molar-refractivity contribution is -0.127. The van der Waals surface area contributed by atoms with Crippen molar-refractivity contribution in [3.8, 4) is 0 Å². The van der Waals surface area contributed by atoms with Gasteiger partial charge in [-0.3, -0.25) is 4.79 Å². The molecule has 0 aliphatic carbocycles. The average Bonchev–Trinajstić information content (AvgIpc) is 2.94. The van der Waals surface area contributed by atoms with Crippen LogP contribution in [0.3, 0.4) is 0 Å². The van der Waals surface area contributed by atoms with E-state index in [9.17, 15) is 4.79 Å². The third kappa shape index (κ3) is 4.14. The van der Waals surface area contributed by atoms with Crippen LogP contribution in [-0.2, 0) is 11.3 Å². The Hall–Kier alpha value is -1.62. The largest absolute Gasteiger partial charge is 0.333 e. The summed E-state index contributed by atoms with van der Waals surface area (Å²) >= 11 is 7.87. The van der Waals surface area contributed by atoms with Gasteiger partial charge in [-0.1, -0.05) is 41.9 Å². The van der Waals surface area contributed by atoms with E-state index >= 15 is 0 Å². The number of hydrogen-bond donors (Lipinski definition) is 0. The molecule has 0 spiro atoms. The summed E-state index contributed by atoms with van der Waals surface area (Å²) in [5.74, 6) is 0.246. The minimum absolute atomic E-state index is 0.0654. The van der Waals surface area contributed by atoms with Crippen LogP contribution in [0.1, 0.15) is 27.5 Å². The highest BCUT2D eigenvalue weighted by Crippen LogP contribution is 2.40. The SMILES string of the molecule is Cc1ccccc1C1CN(C(=O)/C=C/CN(C)C)Cc2sc(Cl)cc21. The molecule has 132 valence electrons. The normalized spacial score (nSPS) is 17.3. The summed E-state index contributed by atoms with van der Waals surface area (Å²) in [6, 6.07) is 10.5. The molecule has 0 saturated heterocycles. The monoisotopic (exact) mass is 374 g/mol. The topological polar surface area (TPSA) is 23.6 Å². The second kappa shape index (κ2) is 7.73. The van der Waals surface area contributed by atoms with Gasteiger partial charge >= 0.3 is 0 Å². The van der Waals surface area contributed by atoms with E-state index in [-0.39, 0.29) is 11.8 Å². The molecular weight excluding hydrogens is 352 g/mol. The van der Waals surface area contributed by atoms with Crippen LogP contribution in [0.2, 0.25) is 4.34 Å². The van der Waals surface area contributed by atoms with Gasteiger partial charge in [0.1, 0.15) is 0 Å². The van der Waals surface area contributed by atoms with E-state index in [1.165, 1.54) is 21.6 Å². The van der Waals surface area contributed by atoms with E-state index in [1.807, 2.05) is 30.0 Å². The first-order valence-electron chi connectivity index (χ1n) is 8.39. The van der Waals surface area contributed by atoms with Gasteiger partial charge in [0.15, 0.2) is 0 Å². The first-order valence-corrected chi connectivity index (χ1v) is 9.59. The second-order valence-corrected chi connectivity index (χ2v) is 8.49. The highest BCUT2D eigenvalue weighted by molar-refractivity contribution is 7.16. The molecule has 1 amide bonds. The maximum Gasteiger partial charge on any atom is 0.246 e. The molecule has 1 aromatic heterocycles. The molecule has 25 heavy (non-hydrogen) atoms. The zero-order valence-corrected chi connectivity index (χ0v) is 16.4. The third-order valence-electron chi connectivity index (χ3n) is 4.53. The number of rotatable bonds is 4. The number of thiophene rings is 1. The predicted molar refractivity (Wildman–Crippen MR) is 105 cm³/mol. The molecule has 1 atom stereocenters. The maximum atomic E-state index is 12.7. The molecule has 0 radical (unpaired) electrons. The summed E-state index contributed by atoms with van der Waals surface area (Å²) in [7, 11) is 3.98. The number of nitrogens with zero attached hydrogens (tertiary/aromatic N) is 2. The van der Waals surface area contributed by atoms with Gasteiger partial charge in [-0.15, -0.1) is 11.3 Å². The van der Waals surface area contributed by atoms with Gasteiger partial charge in [0, 0.05) is 30.0 Å². The van der Waals surface area contributed by atoms with Crippen molar-refractivity contribution in [1.29, 1.82) is 0 Å². The van der Waals surface area contributed by atoms with Crippen molar-refractivity contribution in [2.75, 3.05) is 27.2 Å². The van der Waals surface area contributed by atoms with Gasteiger partial charge in [-0.05, 0) is 43.8 Å². The number of benzene rings is 1. The minimum Gasteiger partial charge on any atom is -0.333 e. The van der Waals surface area contributed by atoms with Crippen LogP contribution in [0.25, 0.3) is 0 Å². The zero-order chi connectivity index (χ0) is 18.0. The van der Waals surface area contributed by atoms with Crippen LogP contribution < -0.4 is 0 Å². The van der Waals surface area contributed by atoms with E-state index in [0.29, 0.717) is 13.1 Å². The fourth-order valence-electron chi connectivity index (χ4n) is 3.27. The van der Waals surface area contributed by atoms with Crippen molar-refractivity contribution in [2.24, 2.45) is 0 Å². The molecule has 1 aliphatic heterocycles. The van der Waals surface area contributed by atoms with Crippen LogP contribution in [0.5, 0.6) is 0 Å². The molecule has 3 nitrogen and oxygen atoms in total. The fourth-order valence-corrected chi connectivity index (χ4v) is 4.62. The van der Waals surface area contributed by atoms with Crippen molar-refractivity contribution in [2.45, 2.75) is 19.4 Å². The minimum atomic E-state index is 0.0654. The van der Waals surface area contributed by atoms with Gasteiger partial charge in [0.05, 0.1) is 10.9 Å². The van der Waals surface area contributed by atoms with Gasteiger partial charge in [0.25, 0.3) is 0 Å². The van der Waals surface area contributed by atoms with Crippen LogP contribution in [0, 0.1) is 6.92 Å². The van der Waals surface area contributed by atoms with Crippen LogP contribution >= 0.6 is 22.9 Å². The van der Waals surface area contributed by atoms with Crippen LogP contribution in [-0.4, -0.2) is 42.9 Å². The molecular formula is C20H23ClN2OS. The Morgan fingerprint density at radius 2 is 2.12 bits per heavy atom. The summed E-state index contributed by atoms with van der Waals surface area (Å²) in [6.45, 7) is 4.22. The van der Waals surface area contributed by atoms with Gasteiger partial charge < -0.3 is 9.80 Å². The lowest BCUT2D eigenvalue weighted by atomic mass is 9.86. The second-order valence-electron chi connectivity index (χ2n) is 6.72. The summed E-state index contributed by atoms with van der Waals surface area (Å²) < 4.78 is 0.793. The predicted octanol–water partition coefficient (Wildman–Crippen LogP) is 4.30. The van der Waals surface area contributed by atoms with Crippen LogP contribution in [0.4, 0.5) is 0 Å². The molecule has 0 N–H and O–H groups in total. The molecule has 3 rings (SSSR count). The lowest BCUT2D eigenvalue weighted by Crippen LogP contribution is -2.37. The Kier molecular flexibility index (Phi) is 5.62. The molecule has 1 aromatic carbocycles. The standard InChI is InChI=1S/C20H23ClN2OS/c1-14-7-4-5-8-15(14)17-12-23(20(24)9-6-10-22(2)3)13-18-16(17)11-19(21)25-18/h4-9,11,17H,10,12-13H2,1-3H3/b9-6+. The lowest BCUT2D eigenvalue weighted by Gasteiger charge is -2.33. The summed E-state index contributed by atoms with van der Waals surface area (Å²) in [4.78, 5) is 17.8. The van der Waals surface area contributed by atoms with Crippen molar-refractivity contribution in [1.82, 2.24) is 9.80 Å². The molecule has 2 heterocycles. The summed E-state index contributed by atoms with van der Waals surface area (Å²) in [6.07, 6.45) is 3.61. The highest BCUT2D eigenvalue weighted by Gasteiger charge is 2.31. The van der Waals surface area contributed by atoms with Crippen molar-refractivity contribution in [3.05, 3.63) is 68.4 Å². The van der Waals surface area contributed by atoms with Crippen molar-refractivity contribution < 1.29 is 4.79 Å². The average molecular weight is 375 g/mol. The first-order chi connectivity index (χ1) is 12.0.